The van der Waals surface area contributed by atoms with Crippen LogP contribution in [0.4, 0.5) is 0 Å². The van der Waals surface area contributed by atoms with Crippen molar-refractivity contribution in [2.45, 2.75) is 13.0 Å². The maximum absolute atomic E-state index is 11.0. The number of benzene rings is 1. The molecule has 0 unspecified atom stereocenters. The highest BCUT2D eigenvalue weighted by Crippen LogP contribution is 2.19. The summed E-state index contributed by atoms with van der Waals surface area (Å²) in [7, 11) is 0. The summed E-state index contributed by atoms with van der Waals surface area (Å²) in [5, 5.41) is 0.519. The maximum atomic E-state index is 11.0. The van der Waals surface area contributed by atoms with Gasteiger partial charge in [0.05, 0.1) is 12.0 Å². The lowest BCUT2D eigenvalue weighted by Gasteiger charge is -2.06. The topological polar surface area (TPSA) is 86.9 Å². The molecular formula is C13H15ClN4O. The number of imidazole rings is 1. The molecular weight excluding hydrogens is 264 g/mol. The standard InChI is InChI=1S/C13H15ClN4O/c14-12-5-9(13(16)19)1-2-10(12)6-18-7-11(3-4-15)17-8-18/h1-2,5,7-8H,3-4,6,15H2,(H2,16,19). The van der Waals surface area contributed by atoms with Gasteiger partial charge in [0.25, 0.3) is 0 Å². The molecule has 0 spiro atoms. The highest BCUT2D eigenvalue weighted by atomic mass is 35.5. The summed E-state index contributed by atoms with van der Waals surface area (Å²) in [6, 6.07) is 5.04. The fourth-order valence-electron chi connectivity index (χ4n) is 1.80. The summed E-state index contributed by atoms with van der Waals surface area (Å²) < 4.78 is 1.93. The van der Waals surface area contributed by atoms with Crippen LogP contribution in [-0.4, -0.2) is 22.0 Å². The molecule has 0 radical (unpaired) electrons. The van der Waals surface area contributed by atoms with E-state index in [1.807, 2.05) is 10.8 Å². The van der Waals surface area contributed by atoms with Gasteiger partial charge in [-0.05, 0) is 24.2 Å². The van der Waals surface area contributed by atoms with Crippen molar-refractivity contribution in [2.75, 3.05) is 6.54 Å². The molecule has 0 aliphatic carbocycles. The van der Waals surface area contributed by atoms with Gasteiger partial charge in [-0.2, -0.15) is 0 Å². The molecule has 0 saturated heterocycles. The minimum atomic E-state index is -0.485. The van der Waals surface area contributed by atoms with Crippen LogP contribution in [-0.2, 0) is 13.0 Å². The molecule has 0 saturated carbocycles. The van der Waals surface area contributed by atoms with Crippen molar-refractivity contribution in [3.05, 3.63) is 52.6 Å². The minimum absolute atomic E-state index is 0.406. The van der Waals surface area contributed by atoms with Crippen molar-refractivity contribution in [3.8, 4) is 0 Å². The van der Waals surface area contributed by atoms with Gasteiger partial charge in [0, 0.05) is 29.7 Å². The molecule has 2 rings (SSSR count). The van der Waals surface area contributed by atoms with E-state index in [-0.39, 0.29) is 0 Å². The third-order valence-electron chi connectivity index (χ3n) is 2.78. The molecule has 100 valence electrons. The van der Waals surface area contributed by atoms with Crippen molar-refractivity contribution >= 4 is 17.5 Å². The molecule has 0 atom stereocenters. The van der Waals surface area contributed by atoms with Crippen molar-refractivity contribution < 1.29 is 4.79 Å². The van der Waals surface area contributed by atoms with E-state index in [0.29, 0.717) is 23.7 Å². The summed E-state index contributed by atoms with van der Waals surface area (Å²) >= 11 is 6.13. The number of primary amides is 1. The lowest BCUT2D eigenvalue weighted by molar-refractivity contribution is 0.100. The van der Waals surface area contributed by atoms with Crippen LogP contribution in [0, 0.1) is 0 Å². The van der Waals surface area contributed by atoms with Gasteiger partial charge in [-0.1, -0.05) is 17.7 Å². The van der Waals surface area contributed by atoms with Crippen molar-refractivity contribution in [1.29, 1.82) is 0 Å². The van der Waals surface area contributed by atoms with Gasteiger partial charge in [-0.25, -0.2) is 4.98 Å². The van der Waals surface area contributed by atoms with Crippen LogP contribution in [0.25, 0.3) is 0 Å². The summed E-state index contributed by atoms with van der Waals surface area (Å²) in [6.07, 6.45) is 4.43. The first kappa shape index (κ1) is 13.6. The van der Waals surface area contributed by atoms with Gasteiger partial charge in [-0.15, -0.1) is 0 Å². The first-order valence-corrected chi connectivity index (χ1v) is 6.27. The number of carbonyl (C=O) groups is 1. The number of rotatable bonds is 5. The number of aromatic nitrogens is 2. The fraction of sp³-hybridized carbons (Fsp3) is 0.231. The number of hydrogen-bond acceptors (Lipinski definition) is 3. The summed E-state index contributed by atoms with van der Waals surface area (Å²) in [5.41, 5.74) is 12.9. The molecule has 5 nitrogen and oxygen atoms in total. The van der Waals surface area contributed by atoms with Crippen LogP contribution in [0.3, 0.4) is 0 Å². The second-order valence-corrected chi connectivity index (χ2v) is 4.65. The van der Waals surface area contributed by atoms with Crippen LogP contribution in [0.2, 0.25) is 5.02 Å². The van der Waals surface area contributed by atoms with Gasteiger partial charge in [-0.3, -0.25) is 4.79 Å². The molecule has 1 heterocycles. The first-order chi connectivity index (χ1) is 9.10. The normalized spacial score (nSPS) is 10.6. The quantitative estimate of drug-likeness (QED) is 0.861. The zero-order valence-electron chi connectivity index (χ0n) is 10.3. The monoisotopic (exact) mass is 278 g/mol. The van der Waals surface area contributed by atoms with Gasteiger partial charge in [0.1, 0.15) is 0 Å². The predicted molar refractivity (Wildman–Crippen MR) is 74.1 cm³/mol. The Morgan fingerprint density at radius 3 is 2.84 bits per heavy atom. The molecule has 1 amide bonds. The van der Waals surface area contributed by atoms with E-state index in [9.17, 15) is 4.79 Å². The number of hydrogen-bond donors (Lipinski definition) is 2. The Balaban J connectivity index is 2.16. The Bertz CT molecular complexity index is 594. The van der Waals surface area contributed by atoms with Crippen LogP contribution in [0.1, 0.15) is 21.6 Å². The first-order valence-electron chi connectivity index (χ1n) is 5.89. The van der Waals surface area contributed by atoms with E-state index >= 15 is 0 Å². The Labute approximate surface area is 116 Å². The smallest absolute Gasteiger partial charge is 0.248 e. The molecule has 0 bridgehead atoms. The Kier molecular flexibility index (Phi) is 4.19. The zero-order valence-corrected chi connectivity index (χ0v) is 11.1. The zero-order chi connectivity index (χ0) is 13.8. The molecule has 6 heteroatoms. The molecule has 1 aromatic heterocycles. The number of halogens is 1. The molecule has 2 aromatic rings. The van der Waals surface area contributed by atoms with Crippen LogP contribution >= 0.6 is 11.6 Å². The van der Waals surface area contributed by atoms with E-state index < -0.39 is 5.91 Å². The van der Waals surface area contributed by atoms with Gasteiger partial charge in [0.15, 0.2) is 0 Å². The van der Waals surface area contributed by atoms with Gasteiger partial charge < -0.3 is 16.0 Å². The Morgan fingerprint density at radius 1 is 1.42 bits per heavy atom. The summed E-state index contributed by atoms with van der Waals surface area (Å²) in [4.78, 5) is 15.3. The average Bonchev–Trinajstić information content (AvgIpc) is 2.79. The van der Waals surface area contributed by atoms with E-state index in [1.165, 1.54) is 0 Å². The van der Waals surface area contributed by atoms with Crippen LogP contribution in [0.15, 0.2) is 30.7 Å². The highest BCUT2D eigenvalue weighted by molar-refractivity contribution is 6.31. The number of amides is 1. The molecule has 0 aliphatic rings. The second-order valence-electron chi connectivity index (χ2n) is 4.25. The summed E-state index contributed by atoms with van der Waals surface area (Å²) in [6.45, 7) is 1.17. The van der Waals surface area contributed by atoms with E-state index in [2.05, 4.69) is 4.98 Å². The molecule has 0 aliphatic heterocycles. The van der Waals surface area contributed by atoms with Crippen LogP contribution < -0.4 is 11.5 Å². The molecule has 19 heavy (non-hydrogen) atoms. The number of nitrogens with zero attached hydrogens (tertiary/aromatic N) is 2. The Hall–Kier alpha value is -1.85. The second kappa shape index (κ2) is 5.86. The SMILES string of the molecule is NCCc1cn(Cc2ccc(C(N)=O)cc2Cl)cn1. The van der Waals surface area contributed by atoms with Crippen molar-refractivity contribution in [3.63, 3.8) is 0 Å². The van der Waals surface area contributed by atoms with Crippen molar-refractivity contribution in [1.82, 2.24) is 9.55 Å². The minimum Gasteiger partial charge on any atom is -0.366 e. The fourth-order valence-corrected chi connectivity index (χ4v) is 2.04. The lowest BCUT2D eigenvalue weighted by atomic mass is 10.1. The molecule has 1 aromatic carbocycles. The van der Waals surface area contributed by atoms with Gasteiger partial charge >= 0.3 is 0 Å². The number of nitrogens with two attached hydrogens (primary N) is 2. The average molecular weight is 279 g/mol. The van der Waals surface area contributed by atoms with Gasteiger partial charge in [0.2, 0.25) is 5.91 Å². The lowest BCUT2D eigenvalue weighted by Crippen LogP contribution is -2.11. The third kappa shape index (κ3) is 3.33. The predicted octanol–water partition coefficient (Wildman–Crippen LogP) is 1.18. The molecule has 0 fully saturated rings. The largest absolute Gasteiger partial charge is 0.366 e. The third-order valence-corrected chi connectivity index (χ3v) is 3.13. The molecule has 4 N–H and O–H groups in total. The highest BCUT2D eigenvalue weighted by Gasteiger charge is 2.07. The van der Waals surface area contributed by atoms with E-state index in [4.69, 9.17) is 23.1 Å². The van der Waals surface area contributed by atoms with E-state index in [0.717, 1.165) is 17.7 Å². The maximum Gasteiger partial charge on any atom is 0.248 e. The summed E-state index contributed by atoms with van der Waals surface area (Å²) in [5.74, 6) is -0.485. The van der Waals surface area contributed by atoms with Crippen LogP contribution in [0.5, 0.6) is 0 Å². The van der Waals surface area contributed by atoms with E-state index in [1.54, 1.807) is 24.5 Å². The van der Waals surface area contributed by atoms with Crippen molar-refractivity contribution in [2.24, 2.45) is 11.5 Å². The number of carbonyl (C=O) groups excluding carboxylic acids is 1. The Morgan fingerprint density at radius 2 is 2.21 bits per heavy atom.